The lowest BCUT2D eigenvalue weighted by molar-refractivity contribution is -0.148. The summed E-state index contributed by atoms with van der Waals surface area (Å²) in [7, 11) is 0. The van der Waals surface area contributed by atoms with Crippen molar-refractivity contribution < 1.29 is 9.53 Å². The fraction of sp³-hybridized carbons (Fsp3) is 0.462. The quantitative estimate of drug-likeness (QED) is 0.756. The van der Waals surface area contributed by atoms with Crippen molar-refractivity contribution in [1.29, 1.82) is 5.41 Å². The second-order valence-corrected chi connectivity index (χ2v) is 4.72. The highest BCUT2D eigenvalue weighted by Crippen LogP contribution is 2.30. The van der Waals surface area contributed by atoms with E-state index in [-0.39, 0.29) is 24.1 Å². The topological polar surface area (TPSA) is 72.2 Å². The SMILES string of the molecule is CCC1C(=O)OCc2c1cc1n(c2=O)CCC1=N. The average molecular weight is 246 g/mol. The molecule has 0 aromatic carbocycles. The van der Waals surface area contributed by atoms with Gasteiger partial charge in [-0.1, -0.05) is 6.92 Å². The van der Waals surface area contributed by atoms with Gasteiger partial charge in [0.1, 0.15) is 6.61 Å². The largest absolute Gasteiger partial charge is 0.460 e. The molecule has 94 valence electrons. The fourth-order valence-electron chi connectivity index (χ4n) is 2.75. The molecular weight excluding hydrogens is 232 g/mol. The maximum Gasteiger partial charge on any atom is 0.313 e. The number of hydrogen-bond donors (Lipinski definition) is 1. The highest BCUT2D eigenvalue weighted by molar-refractivity contribution is 5.98. The number of ether oxygens (including phenoxy) is 1. The van der Waals surface area contributed by atoms with Gasteiger partial charge in [-0.3, -0.25) is 9.59 Å². The lowest BCUT2D eigenvalue weighted by atomic mass is 9.90. The van der Waals surface area contributed by atoms with E-state index >= 15 is 0 Å². The Kier molecular flexibility index (Phi) is 2.36. The van der Waals surface area contributed by atoms with E-state index in [1.165, 1.54) is 0 Å². The van der Waals surface area contributed by atoms with Gasteiger partial charge < -0.3 is 14.7 Å². The summed E-state index contributed by atoms with van der Waals surface area (Å²) in [5.41, 5.74) is 2.38. The summed E-state index contributed by atoms with van der Waals surface area (Å²) < 4.78 is 6.69. The van der Waals surface area contributed by atoms with E-state index < -0.39 is 0 Å². The predicted octanol–water partition coefficient (Wildman–Crippen LogP) is 1.17. The molecule has 0 bridgehead atoms. The molecule has 1 N–H and O–H groups in total. The van der Waals surface area contributed by atoms with Crippen molar-refractivity contribution >= 4 is 11.7 Å². The zero-order chi connectivity index (χ0) is 12.9. The van der Waals surface area contributed by atoms with Gasteiger partial charge in [-0.05, 0) is 18.1 Å². The van der Waals surface area contributed by atoms with Crippen LogP contribution in [-0.2, 0) is 22.7 Å². The van der Waals surface area contributed by atoms with E-state index in [0.717, 1.165) is 5.56 Å². The first-order chi connectivity index (χ1) is 8.63. The third kappa shape index (κ3) is 1.36. The van der Waals surface area contributed by atoms with Crippen LogP contribution in [0.25, 0.3) is 0 Å². The third-order valence-corrected chi connectivity index (χ3v) is 3.76. The Morgan fingerprint density at radius 2 is 2.28 bits per heavy atom. The number of esters is 1. The number of carbonyl (C=O) groups is 1. The fourth-order valence-corrected chi connectivity index (χ4v) is 2.75. The monoisotopic (exact) mass is 246 g/mol. The number of aromatic nitrogens is 1. The van der Waals surface area contributed by atoms with Crippen LogP contribution < -0.4 is 5.56 Å². The number of hydrogen-bond acceptors (Lipinski definition) is 4. The Morgan fingerprint density at radius 1 is 1.50 bits per heavy atom. The van der Waals surface area contributed by atoms with Crippen molar-refractivity contribution in [3.8, 4) is 0 Å². The van der Waals surface area contributed by atoms with E-state index in [1.807, 2.05) is 13.0 Å². The molecule has 0 aliphatic carbocycles. The number of nitrogens with one attached hydrogen (secondary N) is 1. The van der Waals surface area contributed by atoms with Crippen molar-refractivity contribution in [2.24, 2.45) is 0 Å². The van der Waals surface area contributed by atoms with Gasteiger partial charge in [-0.15, -0.1) is 0 Å². The highest BCUT2D eigenvalue weighted by atomic mass is 16.5. The molecule has 2 aliphatic heterocycles. The first-order valence-corrected chi connectivity index (χ1v) is 6.14. The number of rotatable bonds is 1. The van der Waals surface area contributed by atoms with Crippen LogP contribution in [0, 0.1) is 5.41 Å². The van der Waals surface area contributed by atoms with E-state index in [2.05, 4.69) is 0 Å². The van der Waals surface area contributed by atoms with Crippen LogP contribution in [-0.4, -0.2) is 16.2 Å². The average Bonchev–Trinajstić information content (AvgIpc) is 2.72. The summed E-state index contributed by atoms with van der Waals surface area (Å²) in [4.78, 5) is 24.0. The van der Waals surface area contributed by atoms with Gasteiger partial charge in [-0.25, -0.2) is 0 Å². The van der Waals surface area contributed by atoms with Crippen molar-refractivity contribution in [3.05, 3.63) is 33.2 Å². The van der Waals surface area contributed by atoms with Gasteiger partial charge >= 0.3 is 5.97 Å². The smallest absolute Gasteiger partial charge is 0.313 e. The second-order valence-electron chi connectivity index (χ2n) is 4.72. The minimum absolute atomic E-state index is 0.0666. The molecule has 18 heavy (non-hydrogen) atoms. The molecule has 1 aromatic rings. The molecule has 5 nitrogen and oxygen atoms in total. The van der Waals surface area contributed by atoms with Crippen LogP contribution in [0.4, 0.5) is 0 Å². The second kappa shape index (κ2) is 3.80. The van der Waals surface area contributed by atoms with Crippen LogP contribution >= 0.6 is 0 Å². The third-order valence-electron chi connectivity index (χ3n) is 3.76. The number of carbonyl (C=O) groups excluding carboxylic acids is 1. The number of pyridine rings is 1. The first kappa shape index (κ1) is 11.2. The Labute approximate surface area is 104 Å². The van der Waals surface area contributed by atoms with Crippen molar-refractivity contribution in [2.45, 2.75) is 38.8 Å². The molecule has 0 radical (unpaired) electrons. The van der Waals surface area contributed by atoms with Crippen molar-refractivity contribution in [3.63, 3.8) is 0 Å². The minimum atomic E-state index is -0.360. The van der Waals surface area contributed by atoms with Crippen molar-refractivity contribution in [2.75, 3.05) is 0 Å². The molecule has 0 fully saturated rings. The molecule has 1 unspecified atom stereocenters. The molecule has 0 saturated carbocycles. The highest BCUT2D eigenvalue weighted by Gasteiger charge is 2.32. The molecule has 0 amide bonds. The van der Waals surface area contributed by atoms with Crippen molar-refractivity contribution in [1.82, 2.24) is 4.57 Å². The van der Waals surface area contributed by atoms with Crippen LogP contribution in [0.3, 0.4) is 0 Å². The lowest BCUT2D eigenvalue weighted by Gasteiger charge is -2.24. The predicted molar refractivity (Wildman–Crippen MR) is 65.0 cm³/mol. The molecule has 3 rings (SSSR count). The number of nitrogens with zero attached hydrogens (tertiary/aromatic N) is 1. The first-order valence-electron chi connectivity index (χ1n) is 6.14. The molecule has 5 heteroatoms. The van der Waals surface area contributed by atoms with Gasteiger partial charge in [0.05, 0.1) is 22.9 Å². The molecule has 0 spiro atoms. The molecule has 3 heterocycles. The molecular formula is C13H14N2O3. The molecule has 1 atom stereocenters. The molecule has 2 aliphatic rings. The summed E-state index contributed by atoms with van der Waals surface area (Å²) in [5.74, 6) is -0.625. The Hall–Kier alpha value is -1.91. The lowest BCUT2D eigenvalue weighted by Crippen LogP contribution is -2.32. The van der Waals surface area contributed by atoms with Gasteiger partial charge in [-0.2, -0.15) is 0 Å². The zero-order valence-corrected chi connectivity index (χ0v) is 10.2. The maximum atomic E-state index is 12.3. The summed E-state index contributed by atoms with van der Waals surface area (Å²) >= 11 is 0. The summed E-state index contributed by atoms with van der Waals surface area (Å²) in [6, 6.07) is 1.83. The summed E-state index contributed by atoms with van der Waals surface area (Å²) in [5, 5.41) is 7.84. The van der Waals surface area contributed by atoms with E-state index in [4.69, 9.17) is 10.1 Å². The minimum Gasteiger partial charge on any atom is -0.460 e. The Balaban J connectivity index is 2.27. The van der Waals surface area contributed by atoms with Crippen LogP contribution in [0.2, 0.25) is 0 Å². The number of fused-ring (bicyclic) bond motifs is 2. The van der Waals surface area contributed by atoms with E-state index in [9.17, 15) is 9.59 Å². The Morgan fingerprint density at radius 3 is 3.00 bits per heavy atom. The van der Waals surface area contributed by atoms with Gasteiger partial charge in [0.15, 0.2) is 0 Å². The van der Waals surface area contributed by atoms with Gasteiger partial charge in [0.25, 0.3) is 5.56 Å². The molecule has 1 aromatic heterocycles. The number of cyclic esters (lactones) is 1. The van der Waals surface area contributed by atoms with Gasteiger partial charge in [0, 0.05) is 13.0 Å². The summed E-state index contributed by atoms with van der Waals surface area (Å²) in [6.45, 7) is 2.53. The summed E-state index contributed by atoms with van der Waals surface area (Å²) in [6.07, 6.45) is 1.20. The van der Waals surface area contributed by atoms with E-state index in [1.54, 1.807) is 4.57 Å². The van der Waals surface area contributed by atoms with E-state index in [0.29, 0.717) is 36.4 Å². The zero-order valence-electron chi connectivity index (χ0n) is 10.2. The van der Waals surface area contributed by atoms with Crippen LogP contribution in [0.5, 0.6) is 0 Å². The normalized spacial score (nSPS) is 21.5. The standard InChI is InChI=1S/C13H14N2O3/c1-2-7-8-5-11-10(14)3-4-15(11)12(16)9(8)6-18-13(7)17/h5,7,14H,2-4,6H2,1H3. The van der Waals surface area contributed by atoms with Crippen LogP contribution in [0.1, 0.15) is 42.5 Å². The Bertz CT molecular complexity index is 615. The molecule has 0 saturated heterocycles. The maximum absolute atomic E-state index is 12.3. The van der Waals surface area contributed by atoms with Crippen LogP contribution in [0.15, 0.2) is 10.9 Å². The van der Waals surface area contributed by atoms with Gasteiger partial charge in [0.2, 0.25) is 0 Å².